The topological polar surface area (TPSA) is 355 Å². The van der Waals surface area contributed by atoms with E-state index < -0.39 is 102 Å². The van der Waals surface area contributed by atoms with Crippen molar-refractivity contribution in [3.05, 3.63) is 63.6 Å². The van der Waals surface area contributed by atoms with E-state index in [-0.39, 0.29) is 201 Å². The first kappa shape index (κ1) is 70.5. The van der Waals surface area contributed by atoms with E-state index in [4.69, 9.17) is 28.4 Å². The van der Waals surface area contributed by atoms with Gasteiger partial charge in [-0.15, -0.1) is 0 Å². The monoisotopic (exact) mass is 1190 g/mol. The van der Waals surface area contributed by atoms with Crippen LogP contribution >= 0.6 is 0 Å². The number of pyridine rings is 1. The molecule has 1 aliphatic rings. The highest BCUT2D eigenvalue weighted by Gasteiger charge is 2.29. The first-order chi connectivity index (χ1) is 39.7. The summed E-state index contributed by atoms with van der Waals surface area (Å²) in [5.41, 5.74) is -0.515. The normalized spacial score (nSPS) is 14.5. The molecule has 1 saturated heterocycles. The number of amides is 3. The number of hydrogen-bond donors (Lipinski definition) is 7. The zero-order valence-corrected chi connectivity index (χ0v) is 45.9. The molecule has 3 amide bonds. The minimum absolute atomic E-state index is 0.00582. The van der Waals surface area contributed by atoms with Crippen LogP contribution in [-0.2, 0) is 62.0 Å². The average Bonchev–Trinajstić information content (AvgIpc) is 3.63. The van der Waals surface area contributed by atoms with Gasteiger partial charge in [-0.3, -0.25) is 62.8 Å². The van der Waals surface area contributed by atoms with Crippen molar-refractivity contribution in [3.63, 3.8) is 0 Å². The molecular weight excluding hydrogens is 1120 g/mol. The molecule has 2 heterocycles. The molecule has 0 spiro atoms. The van der Waals surface area contributed by atoms with Crippen LogP contribution in [0, 0.1) is 23.3 Å². The van der Waals surface area contributed by atoms with Crippen molar-refractivity contribution < 1.29 is 110 Å². The van der Waals surface area contributed by atoms with Gasteiger partial charge in [0.2, 0.25) is 34.8 Å². The van der Waals surface area contributed by atoms with Crippen LogP contribution in [0.3, 0.4) is 0 Å². The zero-order chi connectivity index (χ0) is 60.9. The highest BCUT2D eigenvalue weighted by Crippen LogP contribution is 2.27. The number of benzene rings is 1. The van der Waals surface area contributed by atoms with Crippen molar-refractivity contribution in [3.8, 4) is 5.75 Å². The van der Waals surface area contributed by atoms with Gasteiger partial charge in [0.05, 0.1) is 105 Å². The summed E-state index contributed by atoms with van der Waals surface area (Å²) in [5, 5.41) is 44.2. The van der Waals surface area contributed by atoms with Crippen molar-refractivity contribution >= 4 is 47.6 Å². The molecule has 7 N–H and O–H groups in total. The second-order valence-corrected chi connectivity index (χ2v) is 18.3. The van der Waals surface area contributed by atoms with Crippen molar-refractivity contribution in [1.29, 1.82) is 0 Å². The molecule has 3 rings (SSSR count). The van der Waals surface area contributed by atoms with E-state index in [9.17, 15) is 81.1 Å². The smallest absolute Gasteiger partial charge is 0.320 e. The van der Waals surface area contributed by atoms with Crippen LogP contribution in [0.5, 0.6) is 5.75 Å². The molecule has 0 saturated carbocycles. The lowest BCUT2D eigenvalue weighted by Gasteiger charge is -2.35. The predicted octanol–water partition coefficient (Wildman–Crippen LogP) is -1.20. The van der Waals surface area contributed by atoms with Crippen LogP contribution in [0.4, 0.5) is 17.6 Å². The number of carboxylic acid groups (broad SMARTS) is 4. The third kappa shape index (κ3) is 30.4. The van der Waals surface area contributed by atoms with Gasteiger partial charge in [-0.1, -0.05) is 6.07 Å². The fourth-order valence-electron chi connectivity index (χ4n) is 7.85. The van der Waals surface area contributed by atoms with Gasteiger partial charge in [-0.05, 0) is 12.5 Å². The Labute approximate surface area is 474 Å². The van der Waals surface area contributed by atoms with Gasteiger partial charge < -0.3 is 74.1 Å². The standard InChI is InChI=1S/C51H74F4N8O20/c52-36-32-37(53)48(55)49(47(36)54)83-46(73)7-21-78-25-29-81-28-24-77-20-6-41(65)57-9-22-79-26-30-82-31-27-80-23-19-63(50(74)38-2-1-3-42(66)58-38)10-8-56-40(64)5-4-39(51(75)76)62-17-15-60(34-44(69)70)13-11-59(33-43(67)68)12-14-61(16-18-62)35-45(71)72/h1-3,32,39H,4-31,33-35H2,(H,56,64)(H,57,65)(H,58,66)(H,67,68)(H,69,70)(H,71,72)(H,75,76)/t39-/m1/s1. The number of carbonyl (C=O) groups is 8. The van der Waals surface area contributed by atoms with E-state index in [2.05, 4.69) is 20.4 Å². The summed E-state index contributed by atoms with van der Waals surface area (Å²) >= 11 is 0. The summed E-state index contributed by atoms with van der Waals surface area (Å²) in [6, 6.07) is 2.82. The number of carbonyl (C=O) groups excluding carboxylic acids is 4. The van der Waals surface area contributed by atoms with Gasteiger partial charge in [-0.2, -0.15) is 8.78 Å². The molecule has 0 aliphatic carbocycles. The number of aliphatic carboxylic acids is 4. The van der Waals surface area contributed by atoms with E-state index in [0.29, 0.717) is 0 Å². The number of ether oxygens (including phenoxy) is 7. The molecule has 1 aromatic carbocycles. The Hall–Kier alpha value is -6.75. The lowest BCUT2D eigenvalue weighted by molar-refractivity contribution is -0.145. The van der Waals surface area contributed by atoms with Crippen LogP contribution in [-0.4, -0.2) is 281 Å². The molecule has 1 fully saturated rings. The molecule has 32 heteroatoms. The number of H-pyrrole nitrogens is 1. The van der Waals surface area contributed by atoms with Crippen LogP contribution in [0.25, 0.3) is 0 Å². The molecule has 83 heavy (non-hydrogen) atoms. The van der Waals surface area contributed by atoms with Crippen LogP contribution in [0.1, 0.15) is 36.2 Å². The quantitative estimate of drug-likeness (QED) is 0.0135. The predicted molar refractivity (Wildman–Crippen MR) is 280 cm³/mol. The van der Waals surface area contributed by atoms with E-state index in [1.54, 1.807) is 19.6 Å². The molecule has 28 nitrogen and oxygen atoms in total. The van der Waals surface area contributed by atoms with Gasteiger partial charge in [0.25, 0.3) is 5.91 Å². The fraction of sp³-hybridized carbons (Fsp3) is 0.627. The fourth-order valence-corrected chi connectivity index (χ4v) is 7.85. The number of nitrogens with one attached hydrogen (secondary N) is 3. The summed E-state index contributed by atoms with van der Waals surface area (Å²) in [5.74, 6) is -15.8. The lowest BCUT2D eigenvalue weighted by atomic mass is 10.1. The largest absolute Gasteiger partial charge is 0.480 e. The molecule has 1 aromatic heterocycles. The van der Waals surface area contributed by atoms with Crippen LogP contribution in [0.15, 0.2) is 29.1 Å². The Kier molecular flexibility index (Phi) is 34.4. The summed E-state index contributed by atoms with van der Waals surface area (Å²) in [7, 11) is 0. The number of halogens is 4. The van der Waals surface area contributed by atoms with E-state index in [0.717, 1.165) is 0 Å². The Bertz CT molecular complexity index is 2370. The van der Waals surface area contributed by atoms with E-state index in [1.807, 2.05) is 0 Å². The maximum Gasteiger partial charge on any atom is 0.320 e. The number of aromatic amines is 1. The second kappa shape index (κ2) is 40.5. The third-order valence-electron chi connectivity index (χ3n) is 12.1. The molecular formula is C51H74F4N8O20. The first-order valence-corrected chi connectivity index (χ1v) is 26.5. The van der Waals surface area contributed by atoms with Crippen LogP contribution < -0.4 is 20.9 Å². The highest BCUT2D eigenvalue weighted by molar-refractivity contribution is 5.92. The van der Waals surface area contributed by atoms with Gasteiger partial charge >= 0.3 is 29.8 Å². The Balaban J connectivity index is 1.30. The van der Waals surface area contributed by atoms with Crippen molar-refractivity contribution in [2.24, 2.45) is 0 Å². The molecule has 0 unspecified atom stereocenters. The summed E-state index contributed by atoms with van der Waals surface area (Å²) in [6.45, 7) is 1.21. The highest BCUT2D eigenvalue weighted by atomic mass is 19.2. The number of nitrogens with zero attached hydrogens (tertiary/aromatic N) is 5. The number of rotatable bonds is 40. The second-order valence-electron chi connectivity index (χ2n) is 18.3. The van der Waals surface area contributed by atoms with Gasteiger partial charge in [0.15, 0.2) is 11.6 Å². The SMILES string of the molecule is O=C(O)CN1CCN(CC(=O)O)CCN([C@H](CCC(=O)NCCN(CCOCCOCCOCCNC(=O)CCOCCOCCOCCC(=O)Oc2c(F)c(F)cc(F)c2F)C(=O)c2cccc(=O)[nH]2)C(=O)O)CCN(CC(=O)O)CC1. The summed E-state index contributed by atoms with van der Waals surface area (Å²) in [6.07, 6.45) is -0.820. The van der Waals surface area contributed by atoms with Crippen LogP contribution in [0.2, 0.25) is 0 Å². The van der Waals surface area contributed by atoms with Gasteiger partial charge in [0.1, 0.15) is 11.7 Å². The molecule has 1 aliphatic heterocycles. The Morgan fingerprint density at radius 3 is 1.49 bits per heavy atom. The Morgan fingerprint density at radius 1 is 0.554 bits per heavy atom. The van der Waals surface area contributed by atoms with E-state index in [1.165, 1.54) is 23.1 Å². The average molecular weight is 1200 g/mol. The number of carboxylic acids is 4. The maximum absolute atomic E-state index is 13.6. The lowest BCUT2D eigenvalue weighted by Crippen LogP contribution is -2.52. The van der Waals surface area contributed by atoms with Crippen molar-refractivity contribution in [2.75, 3.05) is 177 Å². The third-order valence-corrected chi connectivity index (χ3v) is 12.1. The number of aromatic nitrogens is 1. The molecule has 2 aromatic rings. The number of hydrogen-bond acceptors (Lipinski definition) is 20. The summed E-state index contributed by atoms with van der Waals surface area (Å²) in [4.78, 5) is 120. The molecule has 0 bridgehead atoms. The molecule has 466 valence electrons. The maximum atomic E-state index is 13.6. The Morgan fingerprint density at radius 2 is 1.00 bits per heavy atom. The van der Waals surface area contributed by atoms with Gasteiger partial charge in [-0.25, -0.2) is 8.78 Å². The van der Waals surface area contributed by atoms with E-state index >= 15 is 0 Å². The van der Waals surface area contributed by atoms with Gasteiger partial charge in [0, 0.05) is 104 Å². The zero-order valence-electron chi connectivity index (χ0n) is 45.9. The van der Waals surface area contributed by atoms with Crippen molar-refractivity contribution in [2.45, 2.75) is 31.7 Å². The molecule has 0 radical (unpaired) electrons. The summed E-state index contributed by atoms with van der Waals surface area (Å²) < 4.78 is 90.6. The minimum Gasteiger partial charge on any atom is -0.480 e. The number of esters is 1. The molecule has 1 atom stereocenters. The van der Waals surface area contributed by atoms with Crippen molar-refractivity contribution in [1.82, 2.24) is 40.1 Å². The first-order valence-electron chi connectivity index (χ1n) is 26.5. The minimum atomic E-state index is -1.84.